The third-order valence-electron chi connectivity index (χ3n) is 12.9. The van der Waals surface area contributed by atoms with Gasteiger partial charge in [-0.15, -0.1) is 0 Å². The van der Waals surface area contributed by atoms with Crippen LogP contribution in [-0.4, -0.2) is 0 Å². The quantitative estimate of drug-likeness (QED) is 0.342. The van der Waals surface area contributed by atoms with Crippen LogP contribution >= 0.6 is 0 Å². The minimum atomic E-state index is -5.51. The van der Waals surface area contributed by atoms with E-state index in [1.165, 1.54) is 29.0 Å². The molecular formula is C26H41Hf. The molecule has 1 unspecified atom stereocenters. The molecule has 1 aromatic rings. The SMILES string of the molecule is C[CH2][Hf]([CH3])([CH3])([CH3])([CH3])([CH3])([CH3])([CH]1C=CC=C1)[C]1(C)C=Cc2cc3c(cc21)CCC3. The van der Waals surface area contributed by atoms with Gasteiger partial charge in [-0.3, -0.25) is 0 Å². The topological polar surface area (TPSA) is 0 Å². The summed E-state index contributed by atoms with van der Waals surface area (Å²) in [7, 11) is 0. The number of hydrogen-bond acceptors (Lipinski definition) is 0. The number of hydrogen-bond donors (Lipinski definition) is 0. The Morgan fingerprint density at radius 2 is 1.48 bits per heavy atom. The van der Waals surface area contributed by atoms with E-state index in [9.17, 15) is 0 Å². The summed E-state index contributed by atoms with van der Waals surface area (Å²) in [4.78, 5) is 0. The van der Waals surface area contributed by atoms with Crippen molar-refractivity contribution in [2.24, 2.45) is 0 Å². The van der Waals surface area contributed by atoms with Crippen LogP contribution < -0.4 is 0 Å². The van der Waals surface area contributed by atoms with E-state index in [1.54, 1.807) is 16.7 Å². The predicted octanol–water partition coefficient (Wildman–Crippen LogP) is 8.89. The van der Waals surface area contributed by atoms with Gasteiger partial charge in [0.1, 0.15) is 0 Å². The van der Waals surface area contributed by atoms with Gasteiger partial charge in [0, 0.05) is 0 Å². The molecule has 3 aliphatic rings. The number of allylic oxidation sites excluding steroid dienone is 5. The maximum absolute atomic E-state index is 5.51. The molecule has 149 valence electrons. The molecule has 1 aromatic carbocycles. The Hall–Kier alpha value is -0.690. The van der Waals surface area contributed by atoms with Crippen LogP contribution in [0.1, 0.15) is 42.5 Å². The first-order valence-corrected chi connectivity index (χ1v) is 39.3. The zero-order chi connectivity index (χ0) is 20.2. The summed E-state index contributed by atoms with van der Waals surface area (Å²) in [5.41, 5.74) is 6.23. The van der Waals surface area contributed by atoms with E-state index >= 15 is 0 Å². The molecule has 0 N–H and O–H groups in total. The molecule has 0 saturated carbocycles. The molecule has 0 fully saturated rings. The van der Waals surface area contributed by atoms with Crippen molar-refractivity contribution in [2.75, 3.05) is 0 Å². The zero-order valence-corrected chi connectivity index (χ0v) is 22.6. The number of rotatable bonds is 3. The number of benzene rings is 1. The van der Waals surface area contributed by atoms with Crippen molar-refractivity contribution in [1.82, 2.24) is 0 Å². The van der Waals surface area contributed by atoms with Crippen LogP contribution in [0.5, 0.6) is 0 Å². The van der Waals surface area contributed by atoms with Crippen molar-refractivity contribution in [2.45, 2.75) is 72.2 Å². The summed E-state index contributed by atoms with van der Waals surface area (Å²) in [6.07, 6.45) is 18.4. The van der Waals surface area contributed by atoms with Gasteiger partial charge in [0.2, 0.25) is 0 Å². The molecule has 0 nitrogen and oxygen atoms in total. The Bertz CT molecular complexity index is 1050. The van der Waals surface area contributed by atoms with Gasteiger partial charge in [-0.1, -0.05) is 0 Å². The van der Waals surface area contributed by atoms with Gasteiger partial charge in [-0.2, -0.15) is 0 Å². The molecule has 4 rings (SSSR count). The van der Waals surface area contributed by atoms with E-state index in [0.29, 0.717) is 3.67 Å². The van der Waals surface area contributed by atoms with Crippen LogP contribution in [0.2, 0.25) is 35.9 Å². The molecular weight excluding hydrogens is 491 g/mol. The molecule has 1 atom stereocenters. The van der Waals surface area contributed by atoms with E-state index in [4.69, 9.17) is 0 Å². The second kappa shape index (κ2) is 3.21. The van der Waals surface area contributed by atoms with E-state index < -0.39 is 12.6 Å². The Balaban J connectivity index is 2.23. The molecule has 0 spiro atoms. The third kappa shape index (κ3) is 1.76. The van der Waals surface area contributed by atoms with Crippen molar-refractivity contribution in [3.05, 3.63) is 64.8 Å². The van der Waals surface area contributed by atoms with E-state index in [2.05, 4.69) is 90.5 Å². The molecule has 0 aliphatic heterocycles. The van der Waals surface area contributed by atoms with Crippen LogP contribution in [0.25, 0.3) is 6.08 Å². The summed E-state index contributed by atoms with van der Waals surface area (Å²) < 4.78 is 18.1. The van der Waals surface area contributed by atoms with Gasteiger partial charge >= 0.3 is 156 Å². The molecule has 1 heteroatoms. The first-order chi connectivity index (χ1) is 11.8. The summed E-state index contributed by atoms with van der Waals surface area (Å²) in [5, 5.41) is 0. The molecule has 0 aromatic heterocycles. The van der Waals surface area contributed by atoms with Crippen LogP contribution in [0.4, 0.5) is 0 Å². The second-order valence-corrected chi connectivity index (χ2v) is 124. The third-order valence-corrected chi connectivity index (χ3v) is 78.2. The molecule has 0 saturated heterocycles. The van der Waals surface area contributed by atoms with Gasteiger partial charge in [0.25, 0.3) is 0 Å². The van der Waals surface area contributed by atoms with Crippen molar-refractivity contribution >= 4 is 6.08 Å². The molecule has 0 bridgehead atoms. The van der Waals surface area contributed by atoms with Crippen molar-refractivity contribution < 1.29 is 12.6 Å². The first kappa shape index (κ1) is 19.6. The van der Waals surface area contributed by atoms with Gasteiger partial charge in [-0.05, 0) is 0 Å². The standard InChI is InChI=1S/C13H13.C5H5.C2H5.6CH3.Hf/c1-9-5-6-12-7-10-3-2-4-11(10)8-13(9)12;1-2-4-5-3-1;1-2;;;;;;;/h5-8H,2-4H2,1H3;1-5H;1H2,2H3;6*1H3;. The fourth-order valence-corrected chi connectivity index (χ4v) is 37.0. The van der Waals surface area contributed by atoms with Gasteiger partial charge in [0.15, 0.2) is 0 Å². The molecule has 27 heavy (non-hydrogen) atoms. The normalized spacial score (nSPS) is 31.9. The summed E-state index contributed by atoms with van der Waals surface area (Å²) in [5.74, 6) is 0. The fourth-order valence-electron chi connectivity index (χ4n) is 6.93. The maximum atomic E-state index is 2.75. The fraction of sp³-hybridized carbons (Fsp3) is 0.538. The van der Waals surface area contributed by atoms with Crippen molar-refractivity contribution in [3.63, 3.8) is 0 Å². The predicted molar refractivity (Wildman–Crippen MR) is 123 cm³/mol. The summed E-state index contributed by atoms with van der Waals surface area (Å²) >= 11 is -5.51. The average molecular weight is 532 g/mol. The number of aryl methyl sites for hydroxylation is 2. The van der Waals surface area contributed by atoms with E-state index in [0.717, 1.165) is 0 Å². The zero-order valence-electron chi connectivity index (χ0n) is 19.0. The average Bonchev–Trinajstić information content (AvgIpc) is 3.26. The Labute approximate surface area is 155 Å². The van der Waals surface area contributed by atoms with Crippen molar-refractivity contribution in [3.8, 4) is 0 Å². The van der Waals surface area contributed by atoms with E-state index in [1.807, 2.05) is 0 Å². The van der Waals surface area contributed by atoms with Crippen molar-refractivity contribution in [1.29, 1.82) is 0 Å². The minimum absolute atomic E-state index is 0.0209. The Morgan fingerprint density at radius 1 is 0.926 bits per heavy atom. The van der Waals surface area contributed by atoms with Crippen LogP contribution in [0.3, 0.4) is 0 Å². The summed E-state index contributed by atoms with van der Waals surface area (Å²) in [6, 6.07) is 5.12. The van der Waals surface area contributed by atoms with Crippen LogP contribution in [-0.2, 0) is 28.6 Å². The van der Waals surface area contributed by atoms with Crippen LogP contribution in [0.15, 0.2) is 42.5 Å². The van der Waals surface area contributed by atoms with Gasteiger partial charge in [-0.25, -0.2) is 0 Å². The Morgan fingerprint density at radius 3 is 2.04 bits per heavy atom. The van der Waals surface area contributed by atoms with E-state index in [-0.39, 0.29) is 3.17 Å². The summed E-state index contributed by atoms with van der Waals surface area (Å²) in [6.45, 7) is 5.05. The molecule has 0 heterocycles. The molecule has 3 aliphatic carbocycles. The van der Waals surface area contributed by atoms with Gasteiger partial charge < -0.3 is 0 Å². The molecule has 0 radical (unpaired) electrons. The monoisotopic (exact) mass is 533 g/mol. The van der Waals surface area contributed by atoms with Crippen LogP contribution in [0, 0.1) is 0 Å². The molecule has 0 amide bonds. The first-order valence-electron chi connectivity index (χ1n) is 11.3. The van der Waals surface area contributed by atoms with Gasteiger partial charge in [0.05, 0.1) is 0 Å². The Kier molecular flexibility index (Phi) is 2.33. The second-order valence-electron chi connectivity index (χ2n) is 19.6. The number of fused-ring (bicyclic) bond motifs is 2.